The molecule has 1 aromatic carbocycles. The summed E-state index contributed by atoms with van der Waals surface area (Å²) in [5, 5.41) is 4.61. The van der Waals surface area contributed by atoms with E-state index in [0.717, 1.165) is 31.9 Å². The summed E-state index contributed by atoms with van der Waals surface area (Å²) in [6.45, 7) is 5.97. The fourth-order valence-electron chi connectivity index (χ4n) is 2.34. The van der Waals surface area contributed by atoms with Gasteiger partial charge in [-0.05, 0) is 18.9 Å². The summed E-state index contributed by atoms with van der Waals surface area (Å²) >= 11 is 1.80. The Morgan fingerprint density at radius 3 is 2.65 bits per heavy atom. The van der Waals surface area contributed by atoms with Gasteiger partial charge in [-0.15, -0.1) is 11.3 Å². The molecule has 2 rings (SSSR count). The van der Waals surface area contributed by atoms with Gasteiger partial charge < -0.3 is 10.2 Å². The summed E-state index contributed by atoms with van der Waals surface area (Å²) in [4.78, 5) is 12.3. The van der Waals surface area contributed by atoms with E-state index in [-0.39, 0.29) is 0 Å². The van der Waals surface area contributed by atoms with Crippen LogP contribution >= 0.6 is 11.3 Å². The molecule has 0 aliphatic heterocycles. The van der Waals surface area contributed by atoms with E-state index in [1.165, 1.54) is 21.0 Å². The molecule has 4 nitrogen and oxygen atoms in total. The lowest BCUT2D eigenvalue weighted by Crippen LogP contribution is -2.39. The zero-order valence-electron chi connectivity index (χ0n) is 14.5. The Balaban J connectivity index is 1.83. The van der Waals surface area contributed by atoms with E-state index in [4.69, 9.17) is 0 Å². The second-order valence-corrected chi connectivity index (χ2v) is 6.84. The predicted molar refractivity (Wildman–Crippen MR) is 99.2 cm³/mol. The van der Waals surface area contributed by atoms with Crippen molar-refractivity contribution in [1.29, 1.82) is 0 Å². The molecular formula is C18H26N4S. The molecule has 1 N–H and O–H groups in total. The largest absolute Gasteiger partial charge is 0.356 e. The van der Waals surface area contributed by atoms with Crippen molar-refractivity contribution in [1.82, 2.24) is 15.2 Å². The van der Waals surface area contributed by atoms with E-state index in [1.807, 2.05) is 13.2 Å². The number of benzene rings is 1. The molecule has 0 radical (unpaired) electrons. The number of guanidine groups is 1. The number of nitrogens with one attached hydrogen (secondary N) is 1. The molecule has 0 unspecified atom stereocenters. The third kappa shape index (κ3) is 5.36. The van der Waals surface area contributed by atoms with Crippen LogP contribution in [0.15, 0.2) is 35.5 Å². The summed E-state index contributed by atoms with van der Waals surface area (Å²) < 4.78 is 0. The lowest BCUT2D eigenvalue weighted by molar-refractivity contribution is 0.477. The van der Waals surface area contributed by atoms with Gasteiger partial charge in [-0.3, -0.25) is 4.99 Å². The fraction of sp³-hybridized carbons (Fsp3) is 0.444. The Kier molecular flexibility index (Phi) is 6.59. The van der Waals surface area contributed by atoms with Crippen molar-refractivity contribution in [3.8, 4) is 0 Å². The summed E-state index contributed by atoms with van der Waals surface area (Å²) in [5.41, 5.74) is 2.57. The normalized spacial score (nSPS) is 11.6. The van der Waals surface area contributed by atoms with Gasteiger partial charge in [0.15, 0.2) is 5.96 Å². The van der Waals surface area contributed by atoms with E-state index < -0.39 is 0 Å². The lowest BCUT2D eigenvalue weighted by Gasteiger charge is -2.22. The molecule has 23 heavy (non-hydrogen) atoms. The van der Waals surface area contributed by atoms with Crippen molar-refractivity contribution in [2.45, 2.75) is 33.2 Å². The van der Waals surface area contributed by atoms with Crippen molar-refractivity contribution in [2.24, 2.45) is 4.99 Å². The highest BCUT2D eigenvalue weighted by atomic mass is 32.1. The summed E-state index contributed by atoms with van der Waals surface area (Å²) in [7, 11) is 3.89. The second kappa shape index (κ2) is 8.67. The lowest BCUT2D eigenvalue weighted by atomic mass is 10.1. The van der Waals surface area contributed by atoms with Crippen LogP contribution in [0.4, 0.5) is 0 Å². The van der Waals surface area contributed by atoms with E-state index in [9.17, 15) is 0 Å². The van der Waals surface area contributed by atoms with E-state index >= 15 is 0 Å². The first kappa shape index (κ1) is 17.5. The first-order valence-corrected chi connectivity index (χ1v) is 8.85. The molecule has 0 atom stereocenters. The van der Waals surface area contributed by atoms with Crippen LogP contribution in [0.25, 0.3) is 0 Å². The minimum Gasteiger partial charge on any atom is -0.356 e. The zero-order chi connectivity index (χ0) is 16.7. The molecule has 0 amide bonds. The SMILES string of the molecule is CCc1cnc(CCNC(=NC)N(C)Cc2ccc(C)cc2)s1. The topological polar surface area (TPSA) is 40.5 Å². The minimum atomic E-state index is 0.844. The van der Waals surface area contributed by atoms with Gasteiger partial charge in [0.05, 0.1) is 5.01 Å². The van der Waals surface area contributed by atoms with E-state index in [0.29, 0.717) is 0 Å². The summed E-state index contributed by atoms with van der Waals surface area (Å²) in [6.07, 6.45) is 3.98. The summed E-state index contributed by atoms with van der Waals surface area (Å²) in [5.74, 6) is 0.915. The van der Waals surface area contributed by atoms with Gasteiger partial charge in [-0.25, -0.2) is 4.98 Å². The van der Waals surface area contributed by atoms with Gasteiger partial charge >= 0.3 is 0 Å². The Hall–Kier alpha value is -1.88. The predicted octanol–water partition coefficient (Wildman–Crippen LogP) is 3.26. The number of aromatic nitrogens is 1. The molecule has 124 valence electrons. The molecule has 1 heterocycles. The second-order valence-electron chi connectivity index (χ2n) is 5.64. The Morgan fingerprint density at radius 2 is 2.04 bits per heavy atom. The van der Waals surface area contributed by atoms with Crippen molar-refractivity contribution in [3.63, 3.8) is 0 Å². The van der Waals surface area contributed by atoms with Crippen LogP contribution in [0.2, 0.25) is 0 Å². The Bertz CT molecular complexity index is 631. The molecule has 0 saturated heterocycles. The maximum absolute atomic E-state index is 4.46. The highest BCUT2D eigenvalue weighted by Gasteiger charge is 2.07. The van der Waals surface area contributed by atoms with Crippen molar-refractivity contribution < 1.29 is 0 Å². The van der Waals surface area contributed by atoms with Gasteiger partial charge in [0.1, 0.15) is 0 Å². The maximum atomic E-state index is 4.46. The number of aryl methyl sites for hydroxylation is 2. The number of hydrogen-bond donors (Lipinski definition) is 1. The number of thiazole rings is 1. The molecule has 0 bridgehead atoms. The van der Waals surface area contributed by atoms with Crippen molar-refractivity contribution in [2.75, 3.05) is 20.6 Å². The molecule has 5 heteroatoms. The van der Waals surface area contributed by atoms with Crippen molar-refractivity contribution >= 4 is 17.3 Å². The van der Waals surface area contributed by atoms with Crippen LogP contribution in [0.3, 0.4) is 0 Å². The standard InChI is InChI=1S/C18H26N4S/c1-5-16-12-21-17(23-16)10-11-20-18(19-3)22(4)13-15-8-6-14(2)7-9-15/h6-9,12H,5,10-11,13H2,1-4H3,(H,19,20). The fourth-order valence-corrected chi connectivity index (χ4v) is 3.20. The number of nitrogens with zero attached hydrogens (tertiary/aromatic N) is 3. The highest BCUT2D eigenvalue weighted by Crippen LogP contribution is 2.13. The zero-order valence-corrected chi connectivity index (χ0v) is 15.3. The third-order valence-corrected chi connectivity index (χ3v) is 4.89. The quantitative estimate of drug-likeness (QED) is 0.653. The Labute approximate surface area is 143 Å². The molecule has 0 spiro atoms. The van der Waals surface area contributed by atoms with Crippen LogP contribution in [0.1, 0.15) is 27.9 Å². The molecule has 0 aliphatic carbocycles. The van der Waals surface area contributed by atoms with Crippen LogP contribution in [0, 0.1) is 6.92 Å². The molecule has 2 aromatic rings. The maximum Gasteiger partial charge on any atom is 0.193 e. The van der Waals surface area contributed by atoms with Gasteiger partial charge in [-0.1, -0.05) is 36.8 Å². The molecular weight excluding hydrogens is 304 g/mol. The number of aliphatic imine (C=N–C) groups is 1. The average Bonchev–Trinajstić information content (AvgIpc) is 3.01. The molecule has 0 fully saturated rings. The first-order valence-electron chi connectivity index (χ1n) is 8.03. The van der Waals surface area contributed by atoms with Gasteiger partial charge in [-0.2, -0.15) is 0 Å². The van der Waals surface area contributed by atoms with Gasteiger partial charge in [0.25, 0.3) is 0 Å². The average molecular weight is 331 g/mol. The third-order valence-electron chi connectivity index (χ3n) is 3.69. The van der Waals surface area contributed by atoms with Crippen LogP contribution in [-0.2, 0) is 19.4 Å². The minimum absolute atomic E-state index is 0.844. The van der Waals surface area contributed by atoms with Crippen LogP contribution in [0.5, 0.6) is 0 Å². The smallest absolute Gasteiger partial charge is 0.193 e. The number of rotatable bonds is 6. The highest BCUT2D eigenvalue weighted by molar-refractivity contribution is 7.11. The van der Waals surface area contributed by atoms with Crippen LogP contribution < -0.4 is 5.32 Å². The molecule has 0 saturated carbocycles. The van der Waals surface area contributed by atoms with Crippen molar-refractivity contribution in [3.05, 3.63) is 51.5 Å². The number of hydrogen-bond acceptors (Lipinski definition) is 3. The van der Waals surface area contributed by atoms with Gasteiger partial charge in [0, 0.05) is 44.7 Å². The Morgan fingerprint density at radius 1 is 1.30 bits per heavy atom. The van der Waals surface area contributed by atoms with E-state index in [2.05, 4.69) is 65.4 Å². The van der Waals surface area contributed by atoms with Crippen LogP contribution in [-0.4, -0.2) is 36.5 Å². The summed E-state index contributed by atoms with van der Waals surface area (Å²) in [6, 6.07) is 8.63. The van der Waals surface area contributed by atoms with E-state index in [1.54, 1.807) is 11.3 Å². The first-order chi connectivity index (χ1) is 11.1. The molecule has 0 aliphatic rings. The monoisotopic (exact) mass is 330 g/mol. The van der Waals surface area contributed by atoms with Gasteiger partial charge in [0.2, 0.25) is 0 Å². The molecule has 1 aromatic heterocycles.